The Bertz CT molecular complexity index is 224. The molecule has 18 heavy (non-hydrogen) atoms. The fourth-order valence-electron chi connectivity index (χ4n) is 1.40. The summed E-state index contributed by atoms with van der Waals surface area (Å²) in [4.78, 5) is 0. The summed E-state index contributed by atoms with van der Waals surface area (Å²) >= 11 is 0. The summed E-state index contributed by atoms with van der Waals surface area (Å²) in [6.07, 6.45) is 6.11. The molecule has 0 aliphatic rings. The molecule has 0 fully saturated rings. The quantitative estimate of drug-likeness (QED) is 0.353. The lowest BCUT2D eigenvalue weighted by Gasteiger charge is -2.07. The summed E-state index contributed by atoms with van der Waals surface area (Å²) in [6, 6.07) is 0. The lowest BCUT2D eigenvalue weighted by molar-refractivity contribution is 0.307. The predicted molar refractivity (Wildman–Crippen MR) is 77.2 cm³/mol. The monoisotopic (exact) mass is 256 g/mol. The van der Waals surface area contributed by atoms with Crippen molar-refractivity contribution in [2.75, 3.05) is 13.2 Å². The number of nitrogens with zero attached hydrogens (tertiary/aromatic N) is 2. The normalized spacial score (nSPS) is 12.7. The van der Waals surface area contributed by atoms with Gasteiger partial charge in [-0.2, -0.15) is 0 Å². The van der Waals surface area contributed by atoms with Crippen LogP contribution in [0.2, 0.25) is 0 Å². The van der Waals surface area contributed by atoms with Gasteiger partial charge in [0.25, 0.3) is 0 Å². The van der Waals surface area contributed by atoms with Crippen LogP contribution in [-0.4, -0.2) is 25.0 Å². The molecule has 0 atom stereocenters. The van der Waals surface area contributed by atoms with Crippen molar-refractivity contribution in [2.24, 2.45) is 10.2 Å². The number of ether oxygens (including phenoxy) is 2. The maximum Gasteiger partial charge on any atom is 0.208 e. The molecule has 4 heteroatoms. The van der Waals surface area contributed by atoms with Crippen molar-refractivity contribution in [3.63, 3.8) is 0 Å². The highest BCUT2D eigenvalue weighted by atomic mass is 16.5. The zero-order valence-corrected chi connectivity index (χ0v) is 12.4. The number of hydrogen-bond acceptors (Lipinski definition) is 4. The summed E-state index contributed by atoms with van der Waals surface area (Å²) in [5.41, 5.74) is 0. The van der Waals surface area contributed by atoms with Crippen molar-refractivity contribution in [2.45, 2.75) is 66.2 Å². The van der Waals surface area contributed by atoms with E-state index in [4.69, 9.17) is 9.47 Å². The van der Waals surface area contributed by atoms with Crippen molar-refractivity contribution in [1.82, 2.24) is 0 Å². The maximum atomic E-state index is 5.46. The van der Waals surface area contributed by atoms with Crippen molar-refractivity contribution in [1.29, 1.82) is 0 Å². The van der Waals surface area contributed by atoms with Crippen LogP contribution in [0.5, 0.6) is 0 Å². The Morgan fingerprint density at radius 1 is 0.722 bits per heavy atom. The van der Waals surface area contributed by atoms with Gasteiger partial charge in [0, 0.05) is 12.8 Å². The molecule has 0 aromatic heterocycles. The third-order valence-electron chi connectivity index (χ3n) is 2.38. The number of hydrogen-bond donors (Lipinski definition) is 0. The van der Waals surface area contributed by atoms with Gasteiger partial charge in [0.05, 0.1) is 13.2 Å². The summed E-state index contributed by atoms with van der Waals surface area (Å²) in [6.45, 7) is 9.50. The molecule has 0 radical (unpaired) electrons. The zero-order chi connectivity index (χ0) is 13.6. The van der Waals surface area contributed by atoms with Crippen LogP contribution < -0.4 is 0 Å². The molecule has 0 rings (SSSR count). The first kappa shape index (κ1) is 16.9. The average molecular weight is 256 g/mol. The van der Waals surface area contributed by atoms with Gasteiger partial charge < -0.3 is 9.47 Å². The SMILES string of the molecule is CCCC/C(=N/N=C(\CCCC)OCC)OCC. The van der Waals surface area contributed by atoms with Gasteiger partial charge in [-0.3, -0.25) is 0 Å². The minimum atomic E-state index is 0.636. The second-order valence-corrected chi connectivity index (χ2v) is 4.06. The van der Waals surface area contributed by atoms with Gasteiger partial charge in [-0.1, -0.05) is 26.7 Å². The molecule has 0 unspecified atom stereocenters. The van der Waals surface area contributed by atoms with E-state index in [0.717, 1.165) is 38.5 Å². The standard InChI is InChI=1S/C14H28N2O2/c1-5-9-11-13(17-7-3)15-16-14(18-8-4)12-10-6-2/h5-12H2,1-4H3/b15-13-,16-14+. The smallest absolute Gasteiger partial charge is 0.208 e. The summed E-state index contributed by atoms with van der Waals surface area (Å²) in [5.74, 6) is 1.43. The van der Waals surface area contributed by atoms with Crippen LogP contribution in [0.3, 0.4) is 0 Å². The summed E-state index contributed by atoms with van der Waals surface area (Å²) < 4.78 is 10.9. The van der Waals surface area contributed by atoms with Crippen LogP contribution in [0.25, 0.3) is 0 Å². The van der Waals surface area contributed by atoms with E-state index in [1.807, 2.05) is 13.8 Å². The molecule has 0 bridgehead atoms. The molecule has 0 saturated heterocycles. The van der Waals surface area contributed by atoms with Crippen LogP contribution in [0.15, 0.2) is 10.2 Å². The Labute approximate surface area is 111 Å². The molecule has 0 N–H and O–H groups in total. The van der Waals surface area contributed by atoms with Gasteiger partial charge in [-0.25, -0.2) is 0 Å². The van der Waals surface area contributed by atoms with E-state index in [1.165, 1.54) is 0 Å². The number of unbranched alkanes of at least 4 members (excludes halogenated alkanes) is 2. The van der Waals surface area contributed by atoms with E-state index in [2.05, 4.69) is 24.1 Å². The Balaban J connectivity index is 4.48. The Hall–Kier alpha value is -1.06. The average Bonchev–Trinajstić information content (AvgIpc) is 2.38. The molecule has 0 heterocycles. The second kappa shape index (κ2) is 12.4. The molecule has 0 amide bonds. The van der Waals surface area contributed by atoms with Gasteiger partial charge in [-0.15, -0.1) is 10.2 Å². The van der Waals surface area contributed by atoms with E-state index in [0.29, 0.717) is 25.0 Å². The van der Waals surface area contributed by atoms with E-state index in [1.54, 1.807) is 0 Å². The maximum absolute atomic E-state index is 5.46. The van der Waals surface area contributed by atoms with E-state index in [-0.39, 0.29) is 0 Å². The zero-order valence-electron chi connectivity index (χ0n) is 12.4. The Morgan fingerprint density at radius 3 is 1.39 bits per heavy atom. The van der Waals surface area contributed by atoms with Gasteiger partial charge >= 0.3 is 0 Å². The van der Waals surface area contributed by atoms with Crippen molar-refractivity contribution in [3.8, 4) is 0 Å². The molecular weight excluding hydrogens is 228 g/mol. The van der Waals surface area contributed by atoms with Gasteiger partial charge in [0.1, 0.15) is 0 Å². The predicted octanol–water partition coefficient (Wildman–Crippen LogP) is 4.15. The van der Waals surface area contributed by atoms with Gasteiger partial charge in [0.2, 0.25) is 11.8 Å². The van der Waals surface area contributed by atoms with E-state index >= 15 is 0 Å². The molecule has 0 aromatic rings. The highest BCUT2D eigenvalue weighted by Crippen LogP contribution is 2.03. The topological polar surface area (TPSA) is 43.2 Å². The lowest BCUT2D eigenvalue weighted by Crippen LogP contribution is -2.07. The first-order chi connectivity index (χ1) is 8.78. The first-order valence-electron chi connectivity index (χ1n) is 7.17. The van der Waals surface area contributed by atoms with Crippen LogP contribution >= 0.6 is 0 Å². The summed E-state index contributed by atoms with van der Waals surface area (Å²) in [5, 5.41) is 8.36. The lowest BCUT2D eigenvalue weighted by atomic mass is 10.2. The molecule has 0 aliphatic heterocycles. The molecule has 0 aromatic carbocycles. The van der Waals surface area contributed by atoms with Gasteiger partial charge in [-0.05, 0) is 26.7 Å². The Morgan fingerprint density at radius 2 is 1.11 bits per heavy atom. The summed E-state index contributed by atoms with van der Waals surface area (Å²) in [7, 11) is 0. The van der Waals surface area contributed by atoms with E-state index in [9.17, 15) is 0 Å². The van der Waals surface area contributed by atoms with Crippen molar-refractivity contribution >= 4 is 11.8 Å². The van der Waals surface area contributed by atoms with Crippen LogP contribution in [0.4, 0.5) is 0 Å². The van der Waals surface area contributed by atoms with Crippen molar-refractivity contribution in [3.05, 3.63) is 0 Å². The number of rotatable bonds is 9. The molecule has 0 aliphatic carbocycles. The van der Waals surface area contributed by atoms with E-state index < -0.39 is 0 Å². The minimum Gasteiger partial charge on any atom is -0.480 e. The molecule has 0 spiro atoms. The first-order valence-corrected chi connectivity index (χ1v) is 7.17. The van der Waals surface area contributed by atoms with Crippen molar-refractivity contribution < 1.29 is 9.47 Å². The molecule has 0 saturated carbocycles. The van der Waals surface area contributed by atoms with Crippen LogP contribution in [0.1, 0.15) is 66.2 Å². The molecular formula is C14H28N2O2. The van der Waals surface area contributed by atoms with Crippen LogP contribution in [0, 0.1) is 0 Å². The fraction of sp³-hybridized carbons (Fsp3) is 0.857. The minimum absolute atomic E-state index is 0.636. The molecule has 4 nitrogen and oxygen atoms in total. The second-order valence-electron chi connectivity index (χ2n) is 4.06. The molecule has 106 valence electrons. The highest BCUT2D eigenvalue weighted by molar-refractivity contribution is 5.79. The van der Waals surface area contributed by atoms with Crippen LogP contribution in [-0.2, 0) is 9.47 Å². The largest absolute Gasteiger partial charge is 0.480 e. The van der Waals surface area contributed by atoms with Gasteiger partial charge in [0.15, 0.2) is 0 Å². The fourth-order valence-corrected chi connectivity index (χ4v) is 1.40. The third-order valence-corrected chi connectivity index (χ3v) is 2.38. The highest BCUT2D eigenvalue weighted by Gasteiger charge is 2.02. The third kappa shape index (κ3) is 9.02. The Kier molecular flexibility index (Phi) is 11.7.